The molecule has 0 aromatic rings. The van der Waals surface area contributed by atoms with E-state index in [2.05, 4.69) is 0 Å². The molecule has 1 aliphatic rings. The summed E-state index contributed by atoms with van der Waals surface area (Å²) in [6, 6.07) is 0. The van der Waals surface area contributed by atoms with Crippen LogP contribution in [0.3, 0.4) is 0 Å². The average molecular weight is 174 g/mol. The molecule has 0 spiro atoms. The maximum atomic E-state index is 10.3. The second-order valence-corrected chi connectivity index (χ2v) is 3.12. The molecular formula is C8H14O4. The predicted octanol–water partition coefficient (Wildman–Crippen LogP) is 0.249. The third-order valence-electron chi connectivity index (χ3n) is 2.19. The standard InChI is InChI=1S/C8H14O4/c9-7(5-8(10)11)6-1-3-12-4-2-6/h6-7,9H,1-5H2,(H,10,11)/t7-/m1/s1. The van der Waals surface area contributed by atoms with Gasteiger partial charge in [-0.15, -0.1) is 0 Å². The van der Waals surface area contributed by atoms with Gasteiger partial charge in [0.1, 0.15) is 0 Å². The maximum absolute atomic E-state index is 10.3. The van der Waals surface area contributed by atoms with Gasteiger partial charge in [0.05, 0.1) is 12.5 Å². The van der Waals surface area contributed by atoms with Crippen LogP contribution in [0.25, 0.3) is 0 Å². The van der Waals surface area contributed by atoms with E-state index >= 15 is 0 Å². The first-order valence-electron chi connectivity index (χ1n) is 4.17. The van der Waals surface area contributed by atoms with Crippen LogP contribution in [0, 0.1) is 5.92 Å². The second-order valence-electron chi connectivity index (χ2n) is 3.12. The number of aliphatic hydroxyl groups excluding tert-OH is 1. The zero-order valence-electron chi connectivity index (χ0n) is 6.90. The molecule has 0 unspecified atom stereocenters. The molecule has 1 fully saturated rings. The smallest absolute Gasteiger partial charge is 0.305 e. The summed E-state index contributed by atoms with van der Waals surface area (Å²) in [5, 5.41) is 17.8. The van der Waals surface area contributed by atoms with Crippen LogP contribution >= 0.6 is 0 Å². The normalized spacial score (nSPS) is 22.1. The van der Waals surface area contributed by atoms with Gasteiger partial charge in [-0.2, -0.15) is 0 Å². The third-order valence-corrected chi connectivity index (χ3v) is 2.19. The molecule has 1 atom stereocenters. The highest BCUT2D eigenvalue weighted by atomic mass is 16.5. The van der Waals surface area contributed by atoms with E-state index in [1.54, 1.807) is 0 Å². The van der Waals surface area contributed by atoms with Gasteiger partial charge in [0.25, 0.3) is 0 Å². The average Bonchev–Trinajstić information content (AvgIpc) is 2.05. The van der Waals surface area contributed by atoms with Crippen molar-refractivity contribution in [2.75, 3.05) is 13.2 Å². The van der Waals surface area contributed by atoms with E-state index in [9.17, 15) is 9.90 Å². The largest absolute Gasteiger partial charge is 0.481 e. The molecular weight excluding hydrogens is 160 g/mol. The molecule has 0 amide bonds. The number of hydrogen-bond donors (Lipinski definition) is 2. The summed E-state index contributed by atoms with van der Waals surface area (Å²) in [5.41, 5.74) is 0. The van der Waals surface area contributed by atoms with Crippen LogP contribution in [-0.2, 0) is 9.53 Å². The second kappa shape index (κ2) is 4.42. The van der Waals surface area contributed by atoms with E-state index in [4.69, 9.17) is 9.84 Å². The Morgan fingerprint density at radius 3 is 2.58 bits per heavy atom. The Balaban J connectivity index is 2.29. The van der Waals surface area contributed by atoms with E-state index in [-0.39, 0.29) is 12.3 Å². The van der Waals surface area contributed by atoms with E-state index in [0.29, 0.717) is 13.2 Å². The highest BCUT2D eigenvalue weighted by molar-refractivity contribution is 5.67. The van der Waals surface area contributed by atoms with Crippen molar-refractivity contribution in [3.05, 3.63) is 0 Å². The van der Waals surface area contributed by atoms with Crippen molar-refractivity contribution < 1.29 is 19.7 Å². The first-order chi connectivity index (χ1) is 5.70. The molecule has 1 aliphatic heterocycles. The number of ether oxygens (including phenoxy) is 1. The van der Waals surface area contributed by atoms with Gasteiger partial charge in [-0.05, 0) is 18.8 Å². The molecule has 0 radical (unpaired) electrons. The molecule has 0 saturated carbocycles. The van der Waals surface area contributed by atoms with Crippen molar-refractivity contribution in [3.8, 4) is 0 Å². The van der Waals surface area contributed by atoms with Crippen LogP contribution in [0.1, 0.15) is 19.3 Å². The molecule has 0 aromatic carbocycles. The molecule has 0 bridgehead atoms. The minimum absolute atomic E-state index is 0.106. The van der Waals surface area contributed by atoms with E-state index in [1.807, 2.05) is 0 Å². The zero-order chi connectivity index (χ0) is 8.97. The molecule has 12 heavy (non-hydrogen) atoms. The third kappa shape index (κ3) is 2.79. The molecule has 70 valence electrons. The van der Waals surface area contributed by atoms with Gasteiger partial charge >= 0.3 is 5.97 Å². The number of aliphatic carboxylic acids is 1. The van der Waals surface area contributed by atoms with Crippen molar-refractivity contribution >= 4 is 5.97 Å². The number of hydrogen-bond acceptors (Lipinski definition) is 3. The quantitative estimate of drug-likeness (QED) is 0.643. The summed E-state index contributed by atoms with van der Waals surface area (Å²) in [6.45, 7) is 1.28. The summed E-state index contributed by atoms with van der Waals surface area (Å²) in [6.07, 6.45) is 0.694. The Hall–Kier alpha value is -0.610. The van der Waals surface area contributed by atoms with Crippen molar-refractivity contribution in [1.82, 2.24) is 0 Å². The maximum Gasteiger partial charge on any atom is 0.305 e. The van der Waals surface area contributed by atoms with Crippen molar-refractivity contribution in [1.29, 1.82) is 0 Å². The van der Waals surface area contributed by atoms with E-state index in [0.717, 1.165) is 12.8 Å². The van der Waals surface area contributed by atoms with Gasteiger partial charge < -0.3 is 14.9 Å². The summed E-state index contributed by atoms with van der Waals surface area (Å²) >= 11 is 0. The van der Waals surface area contributed by atoms with Crippen molar-refractivity contribution in [3.63, 3.8) is 0 Å². The fourth-order valence-corrected chi connectivity index (χ4v) is 1.45. The SMILES string of the molecule is O=C(O)C[C@@H](O)C1CCOCC1. The molecule has 2 N–H and O–H groups in total. The fourth-order valence-electron chi connectivity index (χ4n) is 1.45. The summed E-state index contributed by atoms with van der Waals surface area (Å²) in [7, 11) is 0. The number of carboxylic acids is 1. The van der Waals surface area contributed by atoms with Gasteiger partial charge in [0.15, 0.2) is 0 Å². The fraction of sp³-hybridized carbons (Fsp3) is 0.875. The number of aliphatic hydroxyl groups is 1. The van der Waals surface area contributed by atoms with E-state index < -0.39 is 12.1 Å². The van der Waals surface area contributed by atoms with Gasteiger partial charge in [-0.1, -0.05) is 0 Å². The lowest BCUT2D eigenvalue weighted by atomic mass is 9.92. The summed E-state index contributed by atoms with van der Waals surface area (Å²) in [5.74, 6) is -0.830. The van der Waals surface area contributed by atoms with Crippen LogP contribution in [-0.4, -0.2) is 35.5 Å². The van der Waals surface area contributed by atoms with Crippen LogP contribution in [0.2, 0.25) is 0 Å². The summed E-state index contributed by atoms with van der Waals surface area (Å²) in [4.78, 5) is 10.3. The van der Waals surface area contributed by atoms with Gasteiger partial charge in [-0.3, -0.25) is 4.79 Å². The Kier molecular flexibility index (Phi) is 3.49. The van der Waals surface area contributed by atoms with Gasteiger partial charge in [0, 0.05) is 13.2 Å². The molecule has 4 heteroatoms. The predicted molar refractivity (Wildman–Crippen MR) is 41.8 cm³/mol. The zero-order valence-corrected chi connectivity index (χ0v) is 6.90. The van der Waals surface area contributed by atoms with Gasteiger partial charge in [-0.25, -0.2) is 0 Å². The first kappa shape index (κ1) is 9.48. The van der Waals surface area contributed by atoms with Crippen molar-refractivity contribution in [2.24, 2.45) is 5.92 Å². The lowest BCUT2D eigenvalue weighted by Gasteiger charge is -2.25. The highest BCUT2D eigenvalue weighted by Crippen LogP contribution is 2.20. The van der Waals surface area contributed by atoms with Crippen LogP contribution in [0.4, 0.5) is 0 Å². The molecule has 4 nitrogen and oxygen atoms in total. The lowest BCUT2D eigenvalue weighted by Crippen LogP contribution is -2.29. The molecule has 1 saturated heterocycles. The number of carbonyl (C=O) groups is 1. The van der Waals surface area contributed by atoms with Crippen LogP contribution < -0.4 is 0 Å². The molecule has 1 heterocycles. The minimum Gasteiger partial charge on any atom is -0.481 e. The number of rotatable bonds is 3. The number of carboxylic acid groups (broad SMARTS) is 1. The van der Waals surface area contributed by atoms with Crippen LogP contribution in [0.5, 0.6) is 0 Å². The van der Waals surface area contributed by atoms with Gasteiger partial charge in [0.2, 0.25) is 0 Å². The molecule has 0 aromatic heterocycles. The first-order valence-corrected chi connectivity index (χ1v) is 4.17. The van der Waals surface area contributed by atoms with E-state index in [1.165, 1.54) is 0 Å². The molecule has 0 aliphatic carbocycles. The molecule has 1 rings (SSSR count). The Labute approximate surface area is 71.2 Å². The van der Waals surface area contributed by atoms with Crippen molar-refractivity contribution in [2.45, 2.75) is 25.4 Å². The highest BCUT2D eigenvalue weighted by Gasteiger charge is 2.23. The topological polar surface area (TPSA) is 66.8 Å². The summed E-state index contributed by atoms with van der Waals surface area (Å²) < 4.78 is 5.10. The lowest BCUT2D eigenvalue weighted by molar-refractivity contribution is -0.140. The monoisotopic (exact) mass is 174 g/mol. The Bertz CT molecular complexity index is 151. The minimum atomic E-state index is -0.936. The Morgan fingerprint density at radius 1 is 1.50 bits per heavy atom. The Morgan fingerprint density at radius 2 is 2.08 bits per heavy atom. The van der Waals surface area contributed by atoms with Crippen LogP contribution in [0.15, 0.2) is 0 Å².